The van der Waals surface area contributed by atoms with E-state index in [4.69, 9.17) is 27.9 Å². The minimum Gasteiger partial charge on any atom is -0.330 e. The zero-order valence-electron chi connectivity index (χ0n) is 21.4. The van der Waals surface area contributed by atoms with E-state index in [9.17, 15) is 0 Å². The summed E-state index contributed by atoms with van der Waals surface area (Å²) in [6, 6.07) is 21.5. The maximum atomic E-state index is 5.82. The zero-order chi connectivity index (χ0) is 26.0. The smallest absolute Gasteiger partial charge is 0.121 e. The maximum absolute atomic E-state index is 5.82. The van der Waals surface area contributed by atoms with Gasteiger partial charge in [-0.05, 0) is 122 Å². The van der Waals surface area contributed by atoms with E-state index >= 15 is 0 Å². The van der Waals surface area contributed by atoms with E-state index in [0.717, 1.165) is 48.3 Å². The van der Waals surface area contributed by atoms with Crippen LogP contribution in [-0.4, -0.2) is 37.6 Å². The van der Waals surface area contributed by atoms with Crippen LogP contribution in [0.15, 0.2) is 65.7 Å². The quantitative estimate of drug-likeness (QED) is 0.312. The van der Waals surface area contributed by atoms with Crippen LogP contribution >= 0.6 is 11.8 Å². The third-order valence-corrected chi connectivity index (χ3v) is 7.48. The Balaban J connectivity index is 1.56. The Kier molecular flexibility index (Phi) is 9.95. The zero-order valence-corrected chi connectivity index (χ0v) is 22.2. The van der Waals surface area contributed by atoms with Gasteiger partial charge in [-0.1, -0.05) is 36.1 Å². The molecule has 1 unspecified atom stereocenters. The van der Waals surface area contributed by atoms with Crippen LogP contribution in [0.25, 0.3) is 0 Å². The average molecular weight is 512 g/mol. The Morgan fingerprint density at radius 3 is 1.78 bits per heavy atom. The van der Waals surface area contributed by atoms with Gasteiger partial charge in [0.25, 0.3) is 0 Å². The van der Waals surface area contributed by atoms with Gasteiger partial charge in [-0.15, -0.1) is 11.8 Å². The van der Waals surface area contributed by atoms with Crippen LogP contribution in [0.1, 0.15) is 49.9 Å². The van der Waals surface area contributed by atoms with Crippen molar-refractivity contribution < 1.29 is 0 Å². The topological polar surface area (TPSA) is 116 Å². The first-order valence-electron chi connectivity index (χ1n) is 13.0. The first kappa shape index (κ1) is 27.1. The molecule has 0 fully saturated rings. The second kappa shape index (κ2) is 13.6. The van der Waals surface area contributed by atoms with Crippen molar-refractivity contribution in [2.45, 2.75) is 31.1 Å². The largest absolute Gasteiger partial charge is 0.330 e. The van der Waals surface area contributed by atoms with Gasteiger partial charge in [0.15, 0.2) is 0 Å². The normalized spacial score (nSPS) is 14.8. The number of benzene rings is 3. The van der Waals surface area contributed by atoms with Crippen molar-refractivity contribution in [3.8, 4) is 11.8 Å². The molecule has 192 valence electrons. The number of aliphatic imine (C=N–C) groups is 1. The Bertz CT molecular complexity index is 1260. The molecule has 0 radical (unpaired) electrons. The Morgan fingerprint density at radius 2 is 1.22 bits per heavy atom. The van der Waals surface area contributed by atoms with Crippen LogP contribution in [0.5, 0.6) is 0 Å². The fourth-order valence-corrected chi connectivity index (χ4v) is 5.72. The minimum atomic E-state index is 0.0666. The fraction of sp³-hybridized carbons (Fsp3) is 0.323. The first-order valence-corrected chi connectivity index (χ1v) is 14.0. The minimum absolute atomic E-state index is 0.0666. The molecule has 0 aromatic heterocycles. The molecule has 0 spiro atoms. The van der Waals surface area contributed by atoms with Crippen LogP contribution in [0.3, 0.4) is 0 Å². The summed E-state index contributed by atoms with van der Waals surface area (Å²) in [4.78, 5) is 5.10. The summed E-state index contributed by atoms with van der Waals surface area (Å²) in [5.74, 6) is 7.59. The van der Waals surface area contributed by atoms with Gasteiger partial charge < -0.3 is 22.9 Å². The van der Waals surface area contributed by atoms with E-state index < -0.39 is 0 Å². The lowest BCUT2D eigenvalue weighted by molar-refractivity contribution is 0.939. The molecule has 8 N–H and O–H groups in total. The monoisotopic (exact) mass is 511 g/mol. The van der Waals surface area contributed by atoms with Crippen molar-refractivity contribution >= 4 is 17.5 Å². The van der Waals surface area contributed by atoms with Gasteiger partial charge in [0.1, 0.15) is 5.37 Å². The molecule has 1 aliphatic rings. The lowest BCUT2D eigenvalue weighted by Gasteiger charge is -2.09. The molecule has 0 aliphatic carbocycles. The van der Waals surface area contributed by atoms with Gasteiger partial charge in [-0.25, -0.2) is 0 Å². The van der Waals surface area contributed by atoms with Crippen molar-refractivity contribution in [3.63, 3.8) is 0 Å². The summed E-state index contributed by atoms with van der Waals surface area (Å²) in [6.45, 7) is 2.51. The molecule has 1 heterocycles. The standard InChI is InChI=1S/C31H37N5S/c32-10-6-24-14-23(15-25(16-24)7-11-33)5-4-22-2-1-3-28(18-22)31-36-30(21-37-31)29-19-26(8-12-34)17-27(20-29)9-13-35/h1-3,14-20,31H,6-13,21,32-35H2. The summed E-state index contributed by atoms with van der Waals surface area (Å²) in [7, 11) is 0. The molecule has 4 rings (SSSR count). The van der Waals surface area contributed by atoms with Gasteiger partial charge in [0, 0.05) is 16.9 Å². The number of nitrogens with two attached hydrogens (primary N) is 4. The van der Waals surface area contributed by atoms with E-state index in [1.54, 1.807) is 0 Å². The third-order valence-electron chi connectivity index (χ3n) is 6.34. The second-order valence-electron chi connectivity index (χ2n) is 9.35. The summed E-state index contributed by atoms with van der Waals surface area (Å²) < 4.78 is 0. The summed E-state index contributed by atoms with van der Waals surface area (Å²) in [6.07, 6.45) is 3.40. The van der Waals surface area contributed by atoms with Crippen molar-refractivity contribution in [2.24, 2.45) is 27.9 Å². The van der Waals surface area contributed by atoms with Crippen LogP contribution in [-0.2, 0) is 25.7 Å². The fourth-order valence-electron chi connectivity index (χ4n) is 4.62. The molecular weight excluding hydrogens is 474 g/mol. The molecule has 3 aromatic carbocycles. The molecule has 1 atom stereocenters. The van der Waals surface area contributed by atoms with Gasteiger partial charge >= 0.3 is 0 Å². The van der Waals surface area contributed by atoms with Gasteiger partial charge in [0.05, 0.1) is 5.71 Å². The molecule has 6 heteroatoms. The second-order valence-corrected chi connectivity index (χ2v) is 10.4. The van der Waals surface area contributed by atoms with Crippen molar-refractivity contribution in [1.29, 1.82) is 0 Å². The van der Waals surface area contributed by atoms with E-state index in [1.165, 1.54) is 33.4 Å². The van der Waals surface area contributed by atoms with Crippen molar-refractivity contribution in [3.05, 3.63) is 105 Å². The third kappa shape index (κ3) is 7.54. The Hall–Kier alpha value is -2.92. The summed E-state index contributed by atoms with van der Waals surface area (Å²) in [5, 5.41) is 0.0666. The predicted molar refractivity (Wildman–Crippen MR) is 158 cm³/mol. The lowest BCUT2D eigenvalue weighted by atomic mass is 9.99. The highest BCUT2D eigenvalue weighted by Gasteiger charge is 2.21. The SMILES string of the molecule is NCCc1cc(C#Cc2cccc(C3N=C(c4cc(CCN)cc(CCN)c4)CS3)c2)cc(CCN)c1. The Labute approximate surface area is 225 Å². The van der Waals surface area contributed by atoms with Crippen molar-refractivity contribution in [2.75, 3.05) is 31.9 Å². The molecule has 0 saturated carbocycles. The molecule has 0 bridgehead atoms. The highest BCUT2D eigenvalue weighted by Crippen LogP contribution is 2.37. The number of rotatable bonds is 10. The molecule has 5 nitrogen and oxygen atoms in total. The Morgan fingerprint density at radius 1 is 0.676 bits per heavy atom. The molecule has 0 amide bonds. The van der Waals surface area contributed by atoms with Gasteiger partial charge in [-0.3, -0.25) is 4.99 Å². The molecule has 0 saturated heterocycles. The summed E-state index contributed by atoms with van der Waals surface area (Å²) >= 11 is 1.85. The number of hydrogen-bond acceptors (Lipinski definition) is 6. The van der Waals surface area contributed by atoms with Gasteiger partial charge in [0.2, 0.25) is 0 Å². The van der Waals surface area contributed by atoms with Gasteiger partial charge in [-0.2, -0.15) is 0 Å². The van der Waals surface area contributed by atoms with Crippen LogP contribution in [0, 0.1) is 11.8 Å². The van der Waals surface area contributed by atoms with E-state index in [-0.39, 0.29) is 5.37 Å². The maximum Gasteiger partial charge on any atom is 0.121 e. The first-order chi connectivity index (χ1) is 18.1. The van der Waals surface area contributed by atoms with E-state index in [2.05, 4.69) is 72.5 Å². The number of nitrogens with zero attached hydrogens (tertiary/aromatic N) is 1. The number of hydrogen-bond donors (Lipinski definition) is 4. The van der Waals surface area contributed by atoms with Crippen LogP contribution < -0.4 is 22.9 Å². The lowest BCUT2D eigenvalue weighted by Crippen LogP contribution is -2.09. The predicted octanol–water partition coefficient (Wildman–Crippen LogP) is 3.33. The van der Waals surface area contributed by atoms with E-state index in [1.807, 2.05) is 11.8 Å². The molecular formula is C31H37N5S. The van der Waals surface area contributed by atoms with Crippen LogP contribution in [0.4, 0.5) is 0 Å². The molecule has 37 heavy (non-hydrogen) atoms. The molecule has 3 aromatic rings. The van der Waals surface area contributed by atoms with Crippen molar-refractivity contribution in [1.82, 2.24) is 0 Å². The van der Waals surface area contributed by atoms with E-state index in [0.29, 0.717) is 26.2 Å². The van der Waals surface area contributed by atoms with Crippen LogP contribution in [0.2, 0.25) is 0 Å². The summed E-state index contributed by atoms with van der Waals surface area (Å²) in [5.41, 5.74) is 33.6. The highest BCUT2D eigenvalue weighted by molar-refractivity contribution is 8.00. The average Bonchev–Trinajstić information content (AvgIpc) is 3.39. The molecule has 1 aliphatic heterocycles. The highest BCUT2D eigenvalue weighted by atomic mass is 32.2. The number of thioether (sulfide) groups is 1.